The van der Waals surface area contributed by atoms with Crippen LogP contribution in [0.4, 0.5) is 5.69 Å². The molecule has 3 saturated heterocycles. The van der Waals surface area contributed by atoms with E-state index in [9.17, 15) is 14.7 Å². The second-order valence-electron chi connectivity index (χ2n) is 11.4. The standard InChI is InChI=1S/C29H35Cl4N5O3/c1-29(41,22-13-18(30)3-4-23(22)31)28(40)37-7-5-21(6-8-37)38-16-20(17-38)34-19-14-24(32)26(25(33)15-19)27(39)36-11-9-35(2)10-12-36/h3-4,13-15,20-21,34,41H,5-12,16-17H2,1-2H3/t29-/m0/s1. The third-order valence-electron chi connectivity index (χ3n) is 8.46. The summed E-state index contributed by atoms with van der Waals surface area (Å²) >= 11 is 25.4. The zero-order chi connectivity index (χ0) is 29.5. The SMILES string of the molecule is CN1CCN(C(=O)c2c(Cl)cc(NC3CN(C4CCN(C(=O)[C@@](C)(O)c5cc(Cl)ccc5Cl)CC4)C3)cc2Cl)CC1. The highest BCUT2D eigenvalue weighted by molar-refractivity contribution is 6.40. The minimum atomic E-state index is -1.76. The van der Waals surface area contributed by atoms with E-state index < -0.39 is 5.60 Å². The summed E-state index contributed by atoms with van der Waals surface area (Å²) < 4.78 is 0. The molecule has 5 rings (SSSR count). The van der Waals surface area contributed by atoms with Crippen LogP contribution >= 0.6 is 46.4 Å². The van der Waals surface area contributed by atoms with E-state index in [-0.39, 0.29) is 17.9 Å². The van der Waals surface area contributed by atoms with Crippen molar-refractivity contribution in [2.24, 2.45) is 0 Å². The minimum Gasteiger partial charge on any atom is -0.380 e. The third-order valence-corrected chi connectivity index (χ3v) is 9.63. The van der Waals surface area contributed by atoms with Crippen LogP contribution < -0.4 is 5.32 Å². The zero-order valence-electron chi connectivity index (χ0n) is 23.2. The molecule has 0 unspecified atom stereocenters. The Morgan fingerprint density at radius 1 is 0.878 bits per heavy atom. The molecule has 2 amide bonds. The molecule has 8 nitrogen and oxygen atoms in total. The van der Waals surface area contributed by atoms with Gasteiger partial charge in [-0.2, -0.15) is 0 Å². The summed E-state index contributed by atoms with van der Waals surface area (Å²) in [4.78, 5) is 34.4. The Bertz CT molecular complexity index is 1280. The molecule has 41 heavy (non-hydrogen) atoms. The molecule has 222 valence electrons. The smallest absolute Gasteiger partial charge is 0.258 e. The van der Waals surface area contributed by atoms with Crippen molar-refractivity contribution < 1.29 is 14.7 Å². The van der Waals surface area contributed by atoms with Crippen LogP contribution in [0.5, 0.6) is 0 Å². The van der Waals surface area contributed by atoms with Gasteiger partial charge >= 0.3 is 0 Å². The second-order valence-corrected chi connectivity index (χ2v) is 13.1. The molecule has 2 N–H and O–H groups in total. The lowest BCUT2D eigenvalue weighted by molar-refractivity contribution is -0.152. The lowest BCUT2D eigenvalue weighted by Gasteiger charge is -2.48. The number of aliphatic hydroxyl groups is 1. The summed E-state index contributed by atoms with van der Waals surface area (Å²) in [5.41, 5.74) is -0.292. The Morgan fingerprint density at radius 3 is 2.10 bits per heavy atom. The van der Waals surface area contributed by atoms with Gasteiger partial charge in [0.1, 0.15) is 0 Å². The molecule has 2 aromatic carbocycles. The molecule has 3 aliphatic heterocycles. The third kappa shape index (κ3) is 6.59. The molecular formula is C29H35Cl4N5O3. The normalized spacial score (nSPS) is 21.0. The Morgan fingerprint density at radius 2 is 1.49 bits per heavy atom. The highest BCUT2D eigenvalue weighted by Crippen LogP contribution is 2.35. The highest BCUT2D eigenvalue weighted by Gasteiger charge is 2.41. The predicted octanol–water partition coefficient (Wildman–Crippen LogP) is 4.68. The average molecular weight is 643 g/mol. The van der Waals surface area contributed by atoms with Gasteiger partial charge in [0.15, 0.2) is 5.60 Å². The van der Waals surface area contributed by atoms with E-state index in [4.69, 9.17) is 46.4 Å². The van der Waals surface area contributed by atoms with E-state index in [1.54, 1.807) is 40.1 Å². The van der Waals surface area contributed by atoms with Crippen molar-refractivity contribution in [3.8, 4) is 0 Å². The number of rotatable bonds is 6. The van der Waals surface area contributed by atoms with Crippen LogP contribution in [0.3, 0.4) is 0 Å². The lowest BCUT2D eigenvalue weighted by atomic mass is 9.92. The number of halogens is 4. The van der Waals surface area contributed by atoms with E-state index in [2.05, 4.69) is 15.1 Å². The van der Waals surface area contributed by atoms with Crippen LogP contribution in [0.15, 0.2) is 30.3 Å². The molecule has 0 spiro atoms. The number of piperazine rings is 1. The van der Waals surface area contributed by atoms with Crippen molar-refractivity contribution in [2.45, 2.75) is 37.5 Å². The van der Waals surface area contributed by atoms with Gasteiger partial charge in [-0.1, -0.05) is 46.4 Å². The summed E-state index contributed by atoms with van der Waals surface area (Å²) in [6.07, 6.45) is 1.64. The Balaban J connectivity index is 1.11. The average Bonchev–Trinajstić information content (AvgIpc) is 2.91. The largest absolute Gasteiger partial charge is 0.380 e. The van der Waals surface area contributed by atoms with Crippen molar-refractivity contribution in [1.82, 2.24) is 19.6 Å². The summed E-state index contributed by atoms with van der Waals surface area (Å²) in [5, 5.41) is 16.0. The molecule has 3 aliphatic rings. The molecule has 1 atom stereocenters. The Labute approximate surface area is 261 Å². The fourth-order valence-electron chi connectivity index (χ4n) is 5.89. The number of carbonyl (C=O) groups is 2. The number of piperidine rings is 1. The van der Waals surface area contributed by atoms with Crippen LogP contribution in [0, 0.1) is 0 Å². The van der Waals surface area contributed by atoms with Crippen molar-refractivity contribution in [2.75, 3.05) is 64.7 Å². The second kappa shape index (κ2) is 12.4. The fourth-order valence-corrected chi connectivity index (χ4v) is 7.02. The van der Waals surface area contributed by atoms with Crippen LogP contribution in [0.2, 0.25) is 20.1 Å². The van der Waals surface area contributed by atoms with Crippen LogP contribution in [0.25, 0.3) is 0 Å². The number of carbonyl (C=O) groups excluding carboxylic acids is 2. The number of nitrogens with zero attached hydrogens (tertiary/aromatic N) is 4. The lowest BCUT2D eigenvalue weighted by Crippen LogP contribution is -2.61. The van der Waals surface area contributed by atoms with Gasteiger partial charge in [0.2, 0.25) is 0 Å². The number of amides is 2. The Kier molecular flexibility index (Phi) is 9.31. The van der Waals surface area contributed by atoms with Crippen LogP contribution in [-0.2, 0) is 10.4 Å². The number of hydrogen-bond donors (Lipinski definition) is 2. The number of likely N-dealkylation sites (N-methyl/N-ethyl adjacent to an activating group) is 1. The molecular weight excluding hydrogens is 608 g/mol. The maximum absolute atomic E-state index is 13.2. The van der Waals surface area contributed by atoms with Crippen LogP contribution in [-0.4, -0.2) is 108 Å². The van der Waals surface area contributed by atoms with E-state index in [1.165, 1.54) is 6.92 Å². The number of likely N-dealkylation sites (tertiary alicyclic amines) is 2. The number of hydrogen-bond acceptors (Lipinski definition) is 6. The monoisotopic (exact) mass is 641 g/mol. The Hall–Kier alpha value is -1.78. The maximum Gasteiger partial charge on any atom is 0.258 e. The van der Waals surface area contributed by atoms with E-state index in [0.717, 1.165) is 44.7 Å². The molecule has 12 heteroatoms. The first-order valence-electron chi connectivity index (χ1n) is 13.9. The van der Waals surface area contributed by atoms with E-state index in [1.807, 2.05) is 7.05 Å². The minimum absolute atomic E-state index is 0.128. The molecule has 0 saturated carbocycles. The van der Waals surface area contributed by atoms with Crippen molar-refractivity contribution >= 4 is 63.9 Å². The van der Waals surface area contributed by atoms with Gasteiger partial charge in [0.25, 0.3) is 11.8 Å². The summed E-state index contributed by atoms with van der Waals surface area (Å²) in [6.45, 7) is 7.25. The quantitative estimate of drug-likeness (QED) is 0.476. The molecule has 0 aliphatic carbocycles. The van der Waals surface area contributed by atoms with Gasteiger partial charge in [-0.15, -0.1) is 0 Å². The molecule has 2 aromatic rings. The molecule has 3 heterocycles. The highest BCUT2D eigenvalue weighted by atomic mass is 35.5. The first-order chi connectivity index (χ1) is 19.4. The molecule has 0 bridgehead atoms. The number of benzene rings is 2. The number of anilines is 1. The van der Waals surface area contributed by atoms with Gasteiger partial charge in [0.05, 0.1) is 21.7 Å². The summed E-state index contributed by atoms with van der Waals surface area (Å²) in [5.74, 6) is -0.497. The van der Waals surface area contributed by atoms with Gasteiger partial charge in [-0.25, -0.2) is 0 Å². The van der Waals surface area contributed by atoms with Crippen LogP contribution in [0.1, 0.15) is 35.7 Å². The van der Waals surface area contributed by atoms with Gasteiger partial charge in [-0.05, 0) is 57.1 Å². The maximum atomic E-state index is 13.2. The van der Waals surface area contributed by atoms with Crippen molar-refractivity contribution in [3.63, 3.8) is 0 Å². The van der Waals surface area contributed by atoms with Gasteiger partial charge in [0, 0.05) is 79.7 Å². The van der Waals surface area contributed by atoms with E-state index in [0.29, 0.717) is 63.4 Å². The molecule has 0 radical (unpaired) electrons. The van der Waals surface area contributed by atoms with Crippen molar-refractivity contribution in [1.29, 1.82) is 0 Å². The first-order valence-corrected chi connectivity index (χ1v) is 15.4. The topological polar surface area (TPSA) is 79.4 Å². The van der Waals surface area contributed by atoms with Gasteiger partial charge < -0.3 is 25.1 Å². The summed E-state index contributed by atoms with van der Waals surface area (Å²) in [7, 11) is 2.04. The predicted molar refractivity (Wildman–Crippen MR) is 164 cm³/mol. The first kappa shape index (κ1) is 30.7. The van der Waals surface area contributed by atoms with E-state index >= 15 is 0 Å². The molecule has 3 fully saturated rings. The van der Waals surface area contributed by atoms with Crippen molar-refractivity contribution in [3.05, 3.63) is 61.5 Å². The fraction of sp³-hybridized carbons (Fsp3) is 0.517. The number of nitrogens with one attached hydrogen (secondary N) is 1. The summed E-state index contributed by atoms with van der Waals surface area (Å²) in [6, 6.07) is 8.90. The molecule has 0 aromatic heterocycles. The zero-order valence-corrected chi connectivity index (χ0v) is 26.2. The van der Waals surface area contributed by atoms with Gasteiger partial charge in [-0.3, -0.25) is 14.5 Å².